The van der Waals surface area contributed by atoms with Crippen molar-refractivity contribution in [1.82, 2.24) is 10.7 Å². The van der Waals surface area contributed by atoms with E-state index in [0.29, 0.717) is 0 Å². The monoisotopic (exact) mass is 102 g/mol. The maximum atomic E-state index is 4.76. The molecule has 0 aliphatic carbocycles. The van der Waals surface area contributed by atoms with Crippen LogP contribution in [0.1, 0.15) is 0 Å². The van der Waals surface area contributed by atoms with Gasteiger partial charge in [0.05, 0.1) is 0 Å². The van der Waals surface area contributed by atoms with Crippen LogP contribution >= 0.6 is 0 Å². The van der Waals surface area contributed by atoms with Crippen molar-refractivity contribution in [2.24, 2.45) is 10.9 Å². The molecule has 5 nitrogen and oxygen atoms in total. The molecule has 0 spiro atoms. The van der Waals surface area contributed by atoms with Crippen molar-refractivity contribution in [1.29, 1.82) is 0 Å². The van der Waals surface area contributed by atoms with E-state index in [1.165, 1.54) is 5.12 Å². The number of hydrazone groups is 1. The van der Waals surface area contributed by atoms with Gasteiger partial charge >= 0.3 is 0 Å². The summed E-state index contributed by atoms with van der Waals surface area (Å²) in [5.74, 6) is 4.76. The Balaban J connectivity index is 2.98. The van der Waals surface area contributed by atoms with Gasteiger partial charge in [-0.25, -0.2) is 0 Å². The summed E-state index contributed by atoms with van der Waals surface area (Å²) < 4.78 is 0. The first-order valence-electron chi connectivity index (χ1n) is 1.67. The van der Waals surface area contributed by atoms with Crippen LogP contribution in [0.25, 0.3) is 5.53 Å². The smallest absolute Gasteiger partial charge is 0.0120 e. The number of hydrogen-bond acceptors (Lipinski definition) is 4. The van der Waals surface area contributed by atoms with Crippen molar-refractivity contribution in [2.45, 2.75) is 0 Å². The molecule has 0 aromatic carbocycles. The Labute approximate surface area is 42.1 Å². The molecular weight excluding hydrogens is 94.1 g/mol. The SMILES string of the molecule is C=NNN(C)[N-]N. The van der Waals surface area contributed by atoms with Crippen molar-refractivity contribution in [3.8, 4) is 0 Å². The summed E-state index contributed by atoms with van der Waals surface area (Å²) >= 11 is 0. The van der Waals surface area contributed by atoms with Crippen molar-refractivity contribution in [3.05, 3.63) is 5.53 Å². The molecule has 0 amide bonds. The topological polar surface area (TPSA) is 67.8 Å². The molecule has 0 saturated carbocycles. The van der Waals surface area contributed by atoms with Gasteiger partial charge in [-0.1, -0.05) is 0 Å². The highest BCUT2D eigenvalue weighted by Gasteiger charge is 1.67. The molecular formula is C2H8N5-. The van der Waals surface area contributed by atoms with Gasteiger partial charge in [-0.05, 0) is 7.05 Å². The lowest BCUT2D eigenvalue weighted by atomic mass is 11.4. The first-order valence-corrected chi connectivity index (χ1v) is 1.67. The molecule has 0 aliphatic rings. The van der Waals surface area contributed by atoms with Crippen molar-refractivity contribution in [2.75, 3.05) is 7.05 Å². The van der Waals surface area contributed by atoms with Crippen LogP contribution in [0.2, 0.25) is 0 Å². The van der Waals surface area contributed by atoms with E-state index in [9.17, 15) is 0 Å². The predicted octanol–water partition coefficient (Wildman–Crippen LogP) is -0.799. The third kappa shape index (κ3) is 3.17. The number of nitrogens with two attached hydrogens (primary N) is 1. The Hall–Kier alpha value is -0.650. The van der Waals surface area contributed by atoms with Gasteiger partial charge in [0.2, 0.25) is 0 Å². The molecule has 0 heterocycles. The Morgan fingerprint density at radius 2 is 2.57 bits per heavy atom. The van der Waals surface area contributed by atoms with Crippen LogP contribution in [0.3, 0.4) is 0 Å². The highest BCUT2D eigenvalue weighted by Crippen LogP contribution is 1.73. The zero-order valence-corrected chi connectivity index (χ0v) is 4.13. The maximum Gasteiger partial charge on any atom is 0.0120 e. The summed E-state index contributed by atoms with van der Waals surface area (Å²) in [6.45, 7) is 3.13. The van der Waals surface area contributed by atoms with Gasteiger partial charge in [0.1, 0.15) is 0 Å². The van der Waals surface area contributed by atoms with E-state index in [0.717, 1.165) is 0 Å². The van der Waals surface area contributed by atoms with Crippen LogP contribution in [0.5, 0.6) is 0 Å². The molecule has 0 radical (unpaired) electrons. The second-order valence-corrected chi connectivity index (χ2v) is 0.897. The fourth-order valence-corrected chi connectivity index (χ4v) is 0.128. The quantitative estimate of drug-likeness (QED) is 0.278. The zero-order valence-electron chi connectivity index (χ0n) is 4.13. The Kier molecular flexibility index (Phi) is 3.21. The number of hydrazine groups is 1. The molecule has 0 aromatic heterocycles. The largest absolute Gasteiger partial charge is 0.512 e. The van der Waals surface area contributed by atoms with Gasteiger partial charge in [-0.3, -0.25) is 10.7 Å². The molecule has 0 rings (SSSR count). The Morgan fingerprint density at radius 3 is 2.71 bits per heavy atom. The fourth-order valence-electron chi connectivity index (χ4n) is 0.128. The number of nitrogens with one attached hydrogen (secondary N) is 1. The maximum absolute atomic E-state index is 4.76. The summed E-state index contributed by atoms with van der Waals surface area (Å²) in [4.78, 5) is 0. The van der Waals surface area contributed by atoms with E-state index in [2.05, 4.69) is 22.9 Å². The summed E-state index contributed by atoms with van der Waals surface area (Å²) in [6, 6.07) is 0. The van der Waals surface area contributed by atoms with Crippen molar-refractivity contribution < 1.29 is 0 Å². The van der Waals surface area contributed by atoms with E-state index >= 15 is 0 Å². The van der Waals surface area contributed by atoms with Gasteiger partial charge in [0.25, 0.3) is 0 Å². The minimum Gasteiger partial charge on any atom is -0.512 e. The second-order valence-electron chi connectivity index (χ2n) is 0.897. The first kappa shape index (κ1) is 6.35. The zero-order chi connectivity index (χ0) is 5.70. The second kappa shape index (κ2) is 3.54. The van der Waals surface area contributed by atoms with Crippen LogP contribution in [0.4, 0.5) is 0 Å². The predicted molar refractivity (Wildman–Crippen MR) is 28.0 cm³/mol. The molecule has 3 N–H and O–H groups in total. The molecule has 0 saturated heterocycles. The molecule has 0 unspecified atom stereocenters. The summed E-state index contributed by atoms with van der Waals surface area (Å²) in [5.41, 5.74) is 5.52. The first-order chi connectivity index (χ1) is 3.31. The normalized spacial score (nSPS) is 9.00. The van der Waals surface area contributed by atoms with E-state index < -0.39 is 0 Å². The lowest BCUT2D eigenvalue weighted by Crippen LogP contribution is -2.27. The van der Waals surface area contributed by atoms with E-state index in [1.807, 2.05) is 0 Å². The number of rotatable bonds is 3. The molecule has 5 heteroatoms. The van der Waals surface area contributed by atoms with Crippen LogP contribution in [0, 0.1) is 0 Å². The Morgan fingerprint density at radius 1 is 2.00 bits per heavy atom. The molecule has 0 fully saturated rings. The standard InChI is InChI=1S/C2H8N5/c1-4-6-7(2)5-3/h6H,1,3H2,2H3/q-1. The third-order valence-corrected chi connectivity index (χ3v) is 0.389. The molecule has 0 aliphatic heterocycles. The lowest BCUT2D eigenvalue weighted by molar-refractivity contribution is 0.308. The van der Waals surface area contributed by atoms with Crippen LogP contribution < -0.4 is 11.4 Å². The minimum atomic E-state index is 1.23. The highest BCUT2D eigenvalue weighted by molar-refractivity contribution is 5.22. The van der Waals surface area contributed by atoms with Gasteiger partial charge in [0.15, 0.2) is 0 Å². The molecule has 0 aromatic rings. The van der Waals surface area contributed by atoms with Crippen molar-refractivity contribution >= 4 is 6.72 Å². The van der Waals surface area contributed by atoms with Crippen LogP contribution in [0.15, 0.2) is 5.10 Å². The molecule has 0 bridgehead atoms. The van der Waals surface area contributed by atoms with Gasteiger partial charge in [0, 0.05) is 6.72 Å². The summed E-state index contributed by atoms with van der Waals surface area (Å²) in [5, 5.41) is 4.49. The average Bonchev–Trinajstić information content (AvgIpc) is 1.68. The number of nitrogens with zero attached hydrogens (tertiary/aromatic N) is 3. The van der Waals surface area contributed by atoms with E-state index in [-0.39, 0.29) is 0 Å². The number of hydrogen-bond donors (Lipinski definition) is 2. The lowest BCUT2D eigenvalue weighted by Gasteiger charge is -2.26. The minimum absolute atomic E-state index is 1.23. The third-order valence-electron chi connectivity index (χ3n) is 0.389. The highest BCUT2D eigenvalue weighted by atomic mass is 15.8. The van der Waals surface area contributed by atoms with Crippen LogP contribution in [-0.4, -0.2) is 18.9 Å². The van der Waals surface area contributed by atoms with Crippen molar-refractivity contribution in [3.63, 3.8) is 0 Å². The Bertz CT molecular complexity index is 52.0. The fraction of sp³-hybridized carbons (Fsp3) is 0.500. The average molecular weight is 102 g/mol. The summed E-state index contributed by atoms with van der Waals surface area (Å²) in [7, 11) is 1.61. The van der Waals surface area contributed by atoms with Gasteiger partial charge in [-0.2, -0.15) is 5.10 Å². The van der Waals surface area contributed by atoms with E-state index in [1.54, 1.807) is 7.05 Å². The van der Waals surface area contributed by atoms with E-state index in [4.69, 9.17) is 5.84 Å². The molecule has 0 atom stereocenters. The molecule has 42 valence electrons. The van der Waals surface area contributed by atoms with Crippen LogP contribution in [-0.2, 0) is 0 Å². The van der Waals surface area contributed by atoms with Gasteiger partial charge in [-0.15, -0.1) is 0 Å². The van der Waals surface area contributed by atoms with Gasteiger partial charge < -0.3 is 11.4 Å². The summed E-state index contributed by atoms with van der Waals surface area (Å²) in [6.07, 6.45) is 0. The molecule has 7 heavy (non-hydrogen) atoms.